The van der Waals surface area contributed by atoms with E-state index in [1.54, 1.807) is 18.7 Å². The molecule has 2 aromatic heterocycles. The van der Waals surface area contributed by atoms with E-state index in [-0.39, 0.29) is 6.04 Å². The molecule has 0 saturated carbocycles. The number of benzene rings is 1. The van der Waals surface area contributed by atoms with Crippen molar-refractivity contribution in [2.24, 2.45) is 0 Å². The van der Waals surface area contributed by atoms with E-state index >= 15 is 0 Å². The lowest BCUT2D eigenvalue weighted by Gasteiger charge is -2.16. The second kappa shape index (κ2) is 5.06. The Morgan fingerprint density at radius 2 is 1.95 bits per heavy atom. The Bertz CT molecular complexity index is 733. The van der Waals surface area contributed by atoms with Crippen LogP contribution in [0.1, 0.15) is 37.3 Å². The number of hydrogen-bond acceptors (Lipinski definition) is 3. The molecule has 102 valence electrons. The smallest absolute Gasteiger partial charge is 0.122 e. The van der Waals surface area contributed by atoms with Crippen LogP contribution in [-0.4, -0.2) is 19.6 Å². The third kappa shape index (κ3) is 2.18. The van der Waals surface area contributed by atoms with Gasteiger partial charge in [0.05, 0.1) is 23.7 Å². The Hall–Kier alpha value is -2.20. The van der Waals surface area contributed by atoms with E-state index in [0.717, 1.165) is 22.2 Å². The zero-order valence-corrected chi connectivity index (χ0v) is 11.6. The number of para-hydroxylation sites is 1. The van der Waals surface area contributed by atoms with Crippen LogP contribution in [0, 0.1) is 0 Å². The molecule has 0 aliphatic carbocycles. The Morgan fingerprint density at radius 3 is 2.75 bits per heavy atom. The van der Waals surface area contributed by atoms with Gasteiger partial charge in [-0.3, -0.25) is 4.98 Å². The van der Waals surface area contributed by atoms with E-state index in [0.29, 0.717) is 0 Å². The third-order valence-corrected chi connectivity index (χ3v) is 3.46. The zero-order valence-electron chi connectivity index (χ0n) is 11.6. The van der Waals surface area contributed by atoms with Gasteiger partial charge >= 0.3 is 0 Å². The quantitative estimate of drug-likeness (QED) is 0.793. The molecule has 1 unspecified atom stereocenters. The highest BCUT2D eigenvalue weighted by atomic mass is 16.3. The first-order valence-electron chi connectivity index (χ1n) is 6.71. The van der Waals surface area contributed by atoms with Gasteiger partial charge in [-0.25, -0.2) is 4.98 Å². The summed E-state index contributed by atoms with van der Waals surface area (Å²) in [5, 5.41) is 11.6. The number of fused-ring (bicyclic) bond motifs is 1. The fraction of sp³-hybridized carbons (Fsp3) is 0.250. The summed E-state index contributed by atoms with van der Waals surface area (Å²) in [4.78, 5) is 8.53. The van der Waals surface area contributed by atoms with E-state index < -0.39 is 6.10 Å². The largest absolute Gasteiger partial charge is 0.382 e. The number of aliphatic hydroxyl groups is 1. The normalized spacial score (nSPS) is 13.0. The highest BCUT2D eigenvalue weighted by molar-refractivity contribution is 5.78. The molecule has 3 aromatic rings. The van der Waals surface area contributed by atoms with Gasteiger partial charge in [0.25, 0.3) is 0 Å². The molecular weight excluding hydrogens is 250 g/mol. The van der Waals surface area contributed by atoms with E-state index in [1.165, 1.54) is 0 Å². The van der Waals surface area contributed by atoms with Gasteiger partial charge in [0.1, 0.15) is 6.10 Å². The van der Waals surface area contributed by atoms with Crippen molar-refractivity contribution in [3.63, 3.8) is 0 Å². The molecule has 0 bridgehead atoms. The van der Waals surface area contributed by atoms with Crippen LogP contribution >= 0.6 is 0 Å². The molecule has 3 rings (SSSR count). The summed E-state index contributed by atoms with van der Waals surface area (Å²) in [6.45, 7) is 4.13. The number of aliphatic hydroxyl groups excluding tert-OH is 1. The van der Waals surface area contributed by atoms with Crippen molar-refractivity contribution in [2.45, 2.75) is 26.0 Å². The lowest BCUT2D eigenvalue weighted by molar-refractivity contribution is 0.207. The Kier molecular flexibility index (Phi) is 3.24. The molecule has 0 radical (unpaired) electrons. The molecular formula is C16H17N3O. The van der Waals surface area contributed by atoms with Crippen LogP contribution in [-0.2, 0) is 0 Å². The molecule has 2 heterocycles. The van der Waals surface area contributed by atoms with Crippen molar-refractivity contribution in [1.82, 2.24) is 14.5 Å². The van der Waals surface area contributed by atoms with Crippen LogP contribution in [0.15, 0.2) is 49.1 Å². The van der Waals surface area contributed by atoms with E-state index in [4.69, 9.17) is 0 Å². The Morgan fingerprint density at radius 1 is 1.15 bits per heavy atom. The minimum absolute atomic E-state index is 0.260. The van der Waals surface area contributed by atoms with Crippen molar-refractivity contribution in [2.75, 3.05) is 0 Å². The molecule has 4 heteroatoms. The molecule has 0 amide bonds. The van der Waals surface area contributed by atoms with Crippen molar-refractivity contribution in [3.8, 4) is 0 Å². The van der Waals surface area contributed by atoms with Gasteiger partial charge in [0.2, 0.25) is 0 Å². The van der Waals surface area contributed by atoms with Crippen LogP contribution in [0.5, 0.6) is 0 Å². The summed E-state index contributed by atoms with van der Waals surface area (Å²) in [6, 6.07) is 10.1. The molecule has 1 N–H and O–H groups in total. The van der Waals surface area contributed by atoms with Crippen LogP contribution < -0.4 is 0 Å². The summed E-state index contributed by atoms with van der Waals surface area (Å²) < 4.78 is 1.97. The molecule has 4 nitrogen and oxygen atoms in total. The summed E-state index contributed by atoms with van der Waals surface area (Å²) >= 11 is 0. The van der Waals surface area contributed by atoms with E-state index in [9.17, 15) is 5.11 Å². The topological polar surface area (TPSA) is 50.9 Å². The molecule has 20 heavy (non-hydrogen) atoms. The minimum Gasteiger partial charge on any atom is -0.382 e. The van der Waals surface area contributed by atoms with Gasteiger partial charge in [0, 0.05) is 23.2 Å². The zero-order chi connectivity index (χ0) is 14.1. The molecule has 0 fully saturated rings. The number of hydrogen-bond donors (Lipinski definition) is 1. The molecule has 1 atom stereocenters. The monoisotopic (exact) mass is 267 g/mol. The number of rotatable bonds is 3. The maximum absolute atomic E-state index is 10.6. The summed E-state index contributed by atoms with van der Waals surface area (Å²) in [7, 11) is 0. The van der Waals surface area contributed by atoms with Crippen molar-refractivity contribution in [1.29, 1.82) is 0 Å². The lowest BCUT2D eigenvalue weighted by Crippen LogP contribution is -2.10. The Balaban J connectivity index is 2.03. The summed E-state index contributed by atoms with van der Waals surface area (Å²) in [6.07, 6.45) is 4.47. The van der Waals surface area contributed by atoms with Crippen LogP contribution in [0.2, 0.25) is 0 Å². The van der Waals surface area contributed by atoms with Gasteiger partial charge in [0.15, 0.2) is 0 Å². The molecule has 0 spiro atoms. The minimum atomic E-state index is -0.711. The highest BCUT2D eigenvalue weighted by Crippen LogP contribution is 2.25. The fourth-order valence-electron chi connectivity index (χ4n) is 2.37. The first kappa shape index (κ1) is 12.8. The molecule has 1 aromatic carbocycles. The SMILES string of the molecule is CC(C)n1cncc1C(O)c1cnc2ccccc2c1. The van der Waals surface area contributed by atoms with Gasteiger partial charge in [-0.05, 0) is 26.0 Å². The third-order valence-electron chi connectivity index (χ3n) is 3.46. The maximum Gasteiger partial charge on any atom is 0.122 e. The predicted molar refractivity (Wildman–Crippen MR) is 78.4 cm³/mol. The van der Waals surface area contributed by atoms with Gasteiger partial charge in [-0.15, -0.1) is 0 Å². The van der Waals surface area contributed by atoms with Crippen LogP contribution in [0.25, 0.3) is 10.9 Å². The fourth-order valence-corrected chi connectivity index (χ4v) is 2.37. The molecule has 0 aliphatic heterocycles. The van der Waals surface area contributed by atoms with E-state index in [2.05, 4.69) is 23.8 Å². The molecule has 0 aliphatic rings. The van der Waals surface area contributed by atoms with Crippen molar-refractivity contribution < 1.29 is 5.11 Å². The highest BCUT2D eigenvalue weighted by Gasteiger charge is 2.17. The maximum atomic E-state index is 10.6. The van der Waals surface area contributed by atoms with Crippen LogP contribution in [0.4, 0.5) is 0 Å². The first-order chi connectivity index (χ1) is 9.66. The van der Waals surface area contributed by atoms with E-state index in [1.807, 2.05) is 34.9 Å². The van der Waals surface area contributed by atoms with Crippen molar-refractivity contribution in [3.05, 3.63) is 60.3 Å². The Labute approximate surface area is 117 Å². The number of imidazole rings is 1. The lowest BCUT2D eigenvalue weighted by atomic mass is 10.1. The van der Waals surface area contributed by atoms with Gasteiger partial charge in [-0.2, -0.15) is 0 Å². The van der Waals surface area contributed by atoms with Crippen molar-refractivity contribution >= 4 is 10.9 Å². The van der Waals surface area contributed by atoms with Gasteiger partial charge in [-0.1, -0.05) is 18.2 Å². The number of nitrogens with zero attached hydrogens (tertiary/aromatic N) is 3. The second-order valence-electron chi connectivity index (χ2n) is 5.18. The standard InChI is InChI=1S/C16H17N3O/c1-11(2)19-10-17-9-15(19)16(20)13-7-12-5-3-4-6-14(12)18-8-13/h3-11,16,20H,1-2H3. The van der Waals surface area contributed by atoms with Crippen LogP contribution in [0.3, 0.4) is 0 Å². The first-order valence-corrected chi connectivity index (χ1v) is 6.71. The average molecular weight is 267 g/mol. The predicted octanol–water partition coefficient (Wildman–Crippen LogP) is 3.09. The van der Waals surface area contributed by atoms with Gasteiger partial charge < -0.3 is 9.67 Å². The summed E-state index contributed by atoms with van der Waals surface area (Å²) in [5.41, 5.74) is 2.50. The average Bonchev–Trinajstić information content (AvgIpc) is 2.95. The molecule has 0 saturated heterocycles. The summed E-state index contributed by atoms with van der Waals surface area (Å²) in [5.74, 6) is 0. The second-order valence-corrected chi connectivity index (χ2v) is 5.18. The number of pyridine rings is 1. The number of aromatic nitrogens is 3.